The maximum Gasteiger partial charge on any atom is 0.257 e. The molecule has 1 aliphatic carbocycles. The number of thiophene rings is 1. The predicted molar refractivity (Wildman–Crippen MR) is 109 cm³/mol. The molecule has 0 bridgehead atoms. The van der Waals surface area contributed by atoms with Crippen molar-refractivity contribution in [3.05, 3.63) is 87.9 Å². The summed E-state index contributed by atoms with van der Waals surface area (Å²) in [4.78, 5) is 14.7. The third kappa shape index (κ3) is 4.60. The lowest BCUT2D eigenvalue weighted by atomic mass is 10.1. The summed E-state index contributed by atoms with van der Waals surface area (Å²) >= 11 is 1.69. The Morgan fingerprint density at radius 1 is 1.11 bits per heavy atom. The lowest BCUT2D eigenvalue weighted by Crippen LogP contribution is -2.33. The first-order chi connectivity index (χ1) is 13.7. The van der Waals surface area contributed by atoms with E-state index < -0.39 is 5.82 Å². The highest BCUT2D eigenvalue weighted by atomic mass is 32.1. The summed E-state index contributed by atoms with van der Waals surface area (Å²) in [6.45, 7) is 1.07. The van der Waals surface area contributed by atoms with Gasteiger partial charge in [-0.25, -0.2) is 4.39 Å². The molecule has 0 atom stereocenters. The zero-order chi connectivity index (χ0) is 19.3. The Morgan fingerprint density at radius 2 is 1.96 bits per heavy atom. The van der Waals surface area contributed by atoms with E-state index >= 15 is 0 Å². The highest BCUT2D eigenvalue weighted by molar-refractivity contribution is 7.07. The molecule has 0 unspecified atom stereocenters. The Kier molecular flexibility index (Phi) is 5.72. The molecule has 1 fully saturated rings. The van der Waals surface area contributed by atoms with Crippen LogP contribution in [0, 0.1) is 5.82 Å². The monoisotopic (exact) mass is 395 g/mol. The molecular formula is C23H22FNO2S. The van der Waals surface area contributed by atoms with Gasteiger partial charge in [-0.15, -0.1) is 0 Å². The van der Waals surface area contributed by atoms with Crippen LogP contribution in [-0.2, 0) is 13.0 Å². The molecule has 0 aliphatic heterocycles. The number of hydrogen-bond donors (Lipinski definition) is 0. The summed E-state index contributed by atoms with van der Waals surface area (Å²) in [7, 11) is 0. The number of hydrogen-bond acceptors (Lipinski definition) is 3. The van der Waals surface area contributed by atoms with Gasteiger partial charge in [-0.05, 0) is 65.1 Å². The second-order valence-electron chi connectivity index (χ2n) is 7.02. The van der Waals surface area contributed by atoms with Gasteiger partial charge in [-0.1, -0.05) is 24.3 Å². The molecule has 0 saturated heterocycles. The molecule has 0 N–H and O–H groups in total. The first-order valence-electron chi connectivity index (χ1n) is 9.49. The van der Waals surface area contributed by atoms with Crippen molar-refractivity contribution in [3.63, 3.8) is 0 Å². The number of rotatable bonds is 8. The van der Waals surface area contributed by atoms with Gasteiger partial charge >= 0.3 is 0 Å². The second-order valence-corrected chi connectivity index (χ2v) is 7.80. The Balaban J connectivity index is 1.43. The van der Waals surface area contributed by atoms with E-state index in [2.05, 4.69) is 16.8 Å². The van der Waals surface area contributed by atoms with Gasteiger partial charge in [0, 0.05) is 19.0 Å². The average molecular weight is 395 g/mol. The lowest BCUT2D eigenvalue weighted by Gasteiger charge is -2.23. The summed E-state index contributed by atoms with van der Waals surface area (Å²) in [6, 6.07) is 16.3. The van der Waals surface area contributed by atoms with Crippen LogP contribution >= 0.6 is 11.3 Å². The van der Waals surface area contributed by atoms with Crippen LogP contribution in [0.2, 0.25) is 0 Å². The second kappa shape index (κ2) is 8.57. The smallest absolute Gasteiger partial charge is 0.257 e. The molecule has 1 heterocycles. The molecule has 1 saturated carbocycles. The van der Waals surface area contributed by atoms with E-state index in [1.807, 2.05) is 24.3 Å². The highest BCUT2D eigenvalue weighted by Crippen LogP contribution is 2.30. The summed E-state index contributed by atoms with van der Waals surface area (Å²) in [5.41, 5.74) is 2.40. The fourth-order valence-electron chi connectivity index (χ4n) is 3.19. The summed E-state index contributed by atoms with van der Waals surface area (Å²) in [5.74, 6) is 0.0786. The van der Waals surface area contributed by atoms with Gasteiger partial charge < -0.3 is 9.64 Å². The number of halogens is 1. The van der Waals surface area contributed by atoms with Crippen LogP contribution in [0.25, 0.3) is 0 Å². The van der Waals surface area contributed by atoms with Crippen LogP contribution < -0.4 is 4.74 Å². The molecule has 5 heteroatoms. The van der Waals surface area contributed by atoms with Gasteiger partial charge in [0.2, 0.25) is 0 Å². The minimum atomic E-state index is -0.469. The predicted octanol–water partition coefficient (Wildman–Crippen LogP) is 5.31. The van der Waals surface area contributed by atoms with Gasteiger partial charge in [0.05, 0.1) is 12.2 Å². The minimum Gasteiger partial charge on any atom is -0.493 e. The van der Waals surface area contributed by atoms with Gasteiger partial charge in [0.15, 0.2) is 0 Å². The Hall–Kier alpha value is -2.66. The minimum absolute atomic E-state index is 0.137. The molecular weight excluding hydrogens is 373 g/mol. The summed E-state index contributed by atoms with van der Waals surface area (Å²) in [6.07, 6.45) is 2.81. The van der Waals surface area contributed by atoms with E-state index in [1.54, 1.807) is 34.4 Å². The van der Waals surface area contributed by atoms with Crippen LogP contribution in [0.4, 0.5) is 4.39 Å². The van der Waals surface area contributed by atoms with Gasteiger partial charge in [0.1, 0.15) is 11.6 Å². The molecule has 2 aromatic carbocycles. The maximum atomic E-state index is 14.1. The van der Waals surface area contributed by atoms with Crippen LogP contribution in [0.5, 0.6) is 5.75 Å². The van der Waals surface area contributed by atoms with E-state index in [0.29, 0.717) is 13.2 Å². The van der Waals surface area contributed by atoms with Crippen molar-refractivity contribution >= 4 is 17.2 Å². The van der Waals surface area contributed by atoms with E-state index in [4.69, 9.17) is 4.74 Å². The van der Waals surface area contributed by atoms with Crippen LogP contribution in [-0.4, -0.2) is 23.5 Å². The Labute approximate surface area is 168 Å². The number of carbonyl (C=O) groups excluding carboxylic acids is 1. The Morgan fingerprint density at radius 3 is 2.71 bits per heavy atom. The quantitative estimate of drug-likeness (QED) is 0.517. The summed E-state index contributed by atoms with van der Waals surface area (Å²) in [5, 5.41) is 4.19. The van der Waals surface area contributed by atoms with Crippen molar-refractivity contribution < 1.29 is 13.9 Å². The normalized spacial score (nSPS) is 13.3. The molecule has 1 aromatic heterocycles. The summed E-state index contributed by atoms with van der Waals surface area (Å²) < 4.78 is 20.0. The first-order valence-corrected chi connectivity index (χ1v) is 10.4. The van der Waals surface area contributed by atoms with Crippen LogP contribution in [0.1, 0.15) is 34.3 Å². The van der Waals surface area contributed by atoms with E-state index in [0.717, 1.165) is 30.6 Å². The number of benzene rings is 2. The molecule has 144 valence electrons. The third-order valence-electron chi connectivity index (χ3n) is 4.84. The van der Waals surface area contributed by atoms with Crippen molar-refractivity contribution in [1.29, 1.82) is 0 Å². The van der Waals surface area contributed by atoms with E-state index in [-0.39, 0.29) is 17.5 Å². The van der Waals surface area contributed by atoms with Crippen molar-refractivity contribution in [2.45, 2.75) is 31.8 Å². The third-order valence-corrected chi connectivity index (χ3v) is 5.58. The number of nitrogens with zero attached hydrogens (tertiary/aromatic N) is 1. The fraction of sp³-hybridized carbons (Fsp3) is 0.261. The Bertz CT molecular complexity index is 937. The number of ether oxygens (including phenoxy) is 1. The molecule has 28 heavy (non-hydrogen) atoms. The maximum absolute atomic E-state index is 14.1. The largest absolute Gasteiger partial charge is 0.493 e. The highest BCUT2D eigenvalue weighted by Gasteiger charge is 2.34. The molecule has 3 aromatic rings. The van der Waals surface area contributed by atoms with Crippen molar-refractivity contribution in [2.24, 2.45) is 0 Å². The van der Waals surface area contributed by atoms with Crippen molar-refractivity contribution in [1.82, 2.24) is 4.90 Å². The molecule has 1 amide bonds. The van der Waals surface area contributed by atoms with Gasteiger partial charge in [-0.2, -0.15) is 11.3 Å². The average Bonchev–Trinajstić information content (AvgIpc) is 3.42. The van der Waals surface area contributed by atoms with Crippen LogP contribution in [0.3, 0.4) is 0 Å². The van der Waals surface area contributed by atoms with Crippen molar-refractivity contribution in [2.75, 3.05) is 6.61 Å². The lowest BCUT2D eigenvalue weighted by molar-refractivity contribution is 0.0725. The van der Waals surface area contributed by atoms with Crippen LogP contribution in [0.15, 0.2) is 65.4 Å². The number of amides is 1. The van der Waals surface area contributed by atoms with E-state index in [9.17, 15) is 9.18 Å². The molecule has 3 nitrogen and oxygen atoms in total. The zero-order valence-electron chi connectivity index (χ0n) is 15.5. The fourth-order valence-corrected chi connectivity index (χ4v) is 3.90. The van der Waals surface area contributed by atoms with Crippen molar-refractivity contribution in [3.8, 4) is 5.75 Å². The van der Waals surface area contributed by atoms with E-state index in [1.165, 1.54) is 11.6 Å². The molecule has 0 spiro atoms. The zero-order valence-corrected chi connectivity index (χ0v) is 16.3. The topological polar surface area (TPSA) is 29.5 Å². The molecule has 0 radical (unpaired) electrons. The molecule has 1 aliphatic rings. The number of carbonyl (C=O) groups is 1. The molecule has 4 rings (SSSR count). The van der Waals surface area contributed by atoms with Gasteiger partial charge in [0.25, 0.3) is 5.91 Å². The van der Waals surface area contributed by atoms with Gasteiger partial charge in [-0.3, -0.25) is 4.79 Å². The SMILES string of the molecule is O=C(c1ccccc1F)N(Cc1cccc(OCCc2ccsc2)c1)C1CC1. The standard InChI is InChI=1S/C23H22FNO2S/c24-22-7-2-1-6-21(22)23(26)25(19-8-9-19)15-18-4-3-5-20(14-18)27-12-10-17-11-13-28-16-17/h1-7,11,13-14,16,19H,8-10,12,15H2. The first kappa shape index (κ1) is 18.7.